The quantitative estimate of drug-likeness (QED) is 0.0611. The molecule has 0 saturated heterocycles. The van der Waals surface area contributed by atoms with Crippen LogP contribution in [0.3, 0.4) is 0 Å². The number of hydrogen-bond acceptors (Lipinski definition) is 11. The highest BCUT2D eigenvalue weighted by Gasteiger charge is 2.44. The van der Waals surface area contributed by atoms with Gasteiger partial charge in [-0.05, 0) is 102 Å². The number of nitrogen functional groups attached to an aromatic ring is 2. The molecule has 3 heterocycles. The second kappa shape index (κ2) is 20.1. The molecule has 7 aromatic rings. The highest BCUT2D eigenvalue weighted by molar-refractivity contribution is 6.05. The topological polar surface area (TPSA) is 195 Å². The van der Waals surface area contributed by atoms with Crippen LogP contribution in [0, 0.1) is 5.92 Å². The number of nitrogens with two attached hydrogens (primary N) is 2. The minimum atomic E-state index is -0.208. The Morgan fingerprint density at radius 3 is 2.00 bits per heavy atom. The second-order valence-electron chi connectivity index (χ2n) is 13.8. The first-order valence-corrected chi connectivity index (χ1v) is 19.0. The molecule has 0 aliphatic heterocycles. The van der Waals surface area contributed by atoms with Gasteiger partial charge in [-0.3, -0.25) is 14.6 Å². The summed E-state index contributed by atoms with van der Waals surface area (Å²) in [6, 6.07) is 39.4. The summed E-state index contributed by atoms with van der Waals surface area (Å²) < 4.78 is 5.17. The van der Waals surface area contributed by atoms with E-state index in [4.69, 9.17) is 16.2 Å². The molecule has 0 spiro atoms. The maximum Gasteiger partial charge on any atom is 0.255 e. The standard InChI is InChI=1S/C23H20N6O.C23H24N4O2.CH4/c24-19-5-1-2-6-21(19)28-22(30)17-9-7-16(8-10-17)14-27-23-26-13-11-20(29-23)18-4-3-12-25-15-18;1-29-17-9-6-15(7-10-17)13-25-22-11-8-16(14-26-22)18-12-19(18)23(28)27-21-5-3-2-4-20(21)24;/h1-13,15H,14,24H2,(H,28,30)(H,26,27,29);2-11,14,18-19H,12-13,24H2,1H3,(H,25,26)(H,27,28);1H4. The van der Waals surface area contributed by atoms with Gasteiger partial charge in [0, 0.05) is 54.9 Å². The van der Waals surface area contributed by atoms with E-state index in [0.717, 1.165) is 45.9 Å². The summed E-state index contributed by atoms with van der Waals surface area (Å²) in [4.78, 5) is 42.3. The van der Waals surface area contributed by atoms with Gasteiger partial charge in [-0.1, -0.05) is 62.0 Å². The van der Waals surface area contributed by atoms with Gasteiger partial charge in [-0.15, -0.1) is 0 Å². The van der Waals surface area contributed by atoms with Crippen LogP contribution in [0.4, 0.5) is 34.5 Å². The van der Waals surface area contributed by atoms with E-state index in [1.807, 2.05) is 103 Å². The summed E-state index contributed by atoms with van der Waals surface area (Å²) >= 11 is 0. The number of pyridine rings is 2. The van der Waals surface area contributed by atoms with Crippen molar-refractivity contribution in [1.82, 2.24) is 19.9 Å². The Morgan fingerprint density at radius 1 is 0.700 bits per heavy atom. The van der Waals surface area contributed by atoms with Gasteiger partial charge < -0.3 is 37.5 Å². The first kappa shape index (κ1) is 41.8. The molecule has 2 amide bonds. The number of anilines is 6. The summed E-state index contributed by atoms with van der Waals surface area (Å²) in [5, 5.41) is 12.3. The summed E-state index contributed by atoms with van der Waals surface area (Å²) in [5.74, 6) is 2.15. The summed E-state index contributed by atoms with van der Waals surface area (Å²) in [6.45, 7) is 1.22. The molecule has 60 heavy (non-hydrogen) atoms. The number of rotatable bonds is 13. The minimum absolute atomic E-state index is 0. The molecule has 4 aromatic carbocycles. The fourth-order valence-electron chi connectivity index (χ4n) is 6.23. The average molecular weight is 801 g/mol. The van der Waals surface area contributed by atoms with Crippen molar-refractivity contribution in [2.24, 2.45) is 5.92 Å². The third kappa shape index (κ3) is 11.2. The van der Waals surface area contributed by atoms with Crippen molar-refractivity contribution < 1.29 is 14.3 Å². The molecule has 2 atom stereocenters. The van der Waals surface area contributed by atoms with Crippen LogP contribution in [-0.2, 0) is 17.9 Å². The largest absolute Gasteiger partial charge is 0.497 e. The maximum absolute atomic E-state index is 12.5. The molecule has 0 radical (unpaired) electrons. The van der Waals surface area contributed by atoms with Crippen LogP contribution < -0.4 is 37.5 Å². The molecule has 3 aromatic heterocycles. The molecule has 8 N–H and O–H groups in total. The van der Waals surface area contributed by atoms with E-state index in [9.17, 15) is 9.59 Å². The van der Waals surface area contributed by atoms with Gasteiger partial charge in [0.2, 0.25) is 11.9 Å². The van der Waals surface area contributed by atoms with Crippen molar-refractivity contribution in [2.45, 2.75) is 32.9 Å². The van der Waals surface area contributed by atoms with Gasteiger partial charge in [0.1, 0.15) is 11.6 Å². The second-order valence-corrected chi connectivity index (χ2v) is 13.8. The van der Waals surface area contributed by atoms with Crippen LogP contribution in [0.25, 0.3) is 11.3 Å². The number of carbonyl (C=O) groups excluding carboxylic acids is 2. The monoisotopic (exact) mass is 800 g/mol. The lowest BCUT2D eigenvalue weighted by Gasteiger charge is -2.09. The average Bonchev–Trinajstić information content (AvgIpc) is 4.09. The molecular formula is C47H48N10O3. The summed E-state index contributed by atoms with van der Waals surface area (Å²) in [6.07, 6.45) is 7.88. The Bertz CT molecular complexity index is 2480. The van der Waals surface area contributed by atoms with Gasteiger partial charge in [0.25, 0.3) is 5.91 Å². The Kier molecular flexibility index (Phi) is 14.0. The van der Waals surface area contributed by atoms with Crippen LogP contribution in [0.1, 0.15) is 46.8 Å². The lowest BCUT2D eigenvalue weighted by Crippen LogP contribution is -2.15. The molecule has 13 nitrogen and oxygen atoms in total. The predicted octanol–water partition coefficient (Wildman–Crippen LogP) is 8.65. The number of ether oxygens (including phenoxy) is 1. The maximum atomic E-state index is 12.5. The zero-order chi connectivity index (χ0) is 41.0. The van der Waals surface area contributed by atoms with Gasteiger partial charge >= 0.3 is 0 Å². The van der Waals surface area contributed by atoms with E-state index in [2.05, 4.69) is 41.2 Å². The minimum Gasteiger partial charge on any atom is -0.497 e. The van der Waals surface area contributed by atoms with Gasteiger partial charge in [-0.25, -0.2) is 15.0 Å². The molecule has 1 fully saturated rings. The summed E-state index contributed by atoms with van der Waals surface area (Å²) in [5.41, 5.74) is 19.7. The van der Waals surface area contributed by atoms with Crippen molar-refractivity contribution in [3.63, 3.8) is 0 Å². The fraction of sp³-hybridized carbons (Fsp3) is 0.149. The van der Waals surface area contributed by atoms with Crippen LogP contribution in [-0.4, -0.2) is 38.9 Å². The number of aromatic nitrogens is 4. The number of para-hydroxylation sites is 4. The predicted molar refractivity (Wildman–Crippen MR) is 239 cm³/mol. The van der Waals surface area contributed by atoms with E-state index < -0.39 is 0 Å². The number of benzene rings is 4. The molecule has 8 rings (SSSR count). The van der Waals surface area contributed by atoms with Gasteiger partial charge in [-0.2, -0.15) is 0 Å². The van der Waals surface area contributed by atoms with Crippen molar-refractivity contribution in [3.8, 4) is 17.0 Å². The molecule has 1 aliphatic carbocycles. The number of methoxy groups -OCH3 is 1. The van der Waals surface area contributed by atoms with E-state index in [1.54, 1.807) is 56.0 Å². The lowest BCUT2D eigenvalue weighted by molar-refractivity contribution is -0.117. The van der Waals surface area contributed by atoms with Gasteiger partial charge in [0.15, 0.2) is 0 Å². The fourth-order valence-corrected chi connectivity index (χ4v) is 6.23. The summed E-state index contributed by atoms with van der Waals surface area (Å²) in [7, 11) is 1.66. The number of amides is 2. The highest BCUT2D eigenvalue weighted by atomic mass is 16.5. The third-order valence-electron chi connectivity index (χ3n) is 9.68. The van der Waals surface area contributed by atoms with Crippen LogP contribution in [0.5, 0.6) is 5.75 Å². The molecule has 0 bridgehead atoms. The van der Waals surface area contributed by atoms with Crippen LogP contribution in [0.2, 0.25) is 0 Å². The SMILES string of the molecule is C.COc1ccc(CNc2ccc(C3CC3C(=O)Nc3ccccc3N)cn2)cc1.Nc1ccccc1NC(=O)c1ccc(CNc2nccc(-c3cccnc3)n2)cc1. The van der Waals surface area contributed by atoms with E-state index in [0.29, 0.717) is 47.4 Å². The normalized spacial score (nSPS) is 13.6. The molecule has 1 saturated carbocycles. The number of nitrogens with one attached hydrogen (secondary N) is 4. The Morgan fingerprint density at radius 2 is 1.37 bits per heavy atom. The Balaban J connectivity index is 0.000000198. The number of carbonyl (C=O) groups is 2. The first-order chi connectivity index (χ1) is 28.8. The van der Waals surface area contributed by atoms with Crippen molar-refractivity contribution in [2.75, 3.05) is 39.8 Å². The first-order valence-electron chi connectivity index (χ1n) is 19.0. The Labute approximate surface area is 349 Å². The lowest BCUT2D eigenvalue weighted by atomic mass is 10.1. The van der Waals surface area contributed by atoms with Crippen molar-refractivity contribution in [3.05, 3.63) is 174 Å². The number of nitrogens with zero attached hydrogens (tertiary/aromatic N) is 4. The zero-order valence-corrected chi connectivity index (χ0v) is 32.4. The van der Waals surface area contributed by atoms with Crippen molar-refractivity contribution in [1.29, 1.82) is 0 Å². The van der Waals surface area contributed by atoms with Gasteiger partial charge in [0.05, 0.1) is 35.6 Å². The van der Waals surface area contributed by atoms with E-state index in [-0.39, 0.29) is 31.1 Å². The molecule has 304 valence electrons. The third-order valence-corrected chi connectivity index (χ3v) is 9.68. The molecule has 2 unspecified atom stereocenters. The Hall–Kier alpha value is -7.80. The molecule has 1 aliphatic rings. The van der Waals surface area contributed by atoms with Crippen LogP contribution >= 0.6 is 0 Å². The number of hydrogen-bond donors (Lipinski definition) is 6. The highest BCUT2D eigenvalue weighted by Crippen LogP contribution is 2.48. The zero-order valence-electron chi connectivity index (χ0n) is 32.4. The van der Waals surface area contributed by atoms with Crippen molar-refractivity contribution >= 4 is 46.3 Å². The smallest absolute Gasteiger partial charge is 0.255 e. The molecular weight excluding hydrogens is 753 g/mol. The van der Waals surface area contributed by atoms with E-state index in [1.165, 1.54) is 0 Å². The van der Waals surface area contributed by atoms with Crippen LogP contribution in [0.15, 0.2) is 152 Å². The van der Waals surface area contributed by atoms with E-state index >= 15 is 0 Å². The molecule has 13 heteroatoms.